The summed E-state index contributed by atoms with van der Waals surface area (Å²) in [5, 5.41) is 8.83. The first-order valence-electron chi connectivity index (χ1n) is 5.68. The quantitative estimate of drug-likeness (QED) is 0.701. The Hall–Kier alpha value is -0.610. The molecular weight excluding hydrogens is 196 g/mol. The van der Waals surface area contributed by atoms with E-state index in [1.807, 2.05) is 0 Å². The van der Waals surface area contributed by atoms with Gasteiger partial charge in [-0.1, -0.05) is 0 Å². The second-order valence-electron chi connectivity index (χ2n) is 4.55. The van der Waals surface area contributed by atoms with Crippen molar-refractivity contribution in [1.29, 1.82) is 0 Å². The predicted octanol–water partition coefficient (Wildman–Crippen LogP) is 1.29. The molecule has 1 N–H and O–H groups in total. The van der Waals surface area contributed by atoms with Gasteiger partial charge in [-0.2, -0.15) is 0 Å². The zero-order valence-electron chi connectivity index (χ0n) is 8.85. The molecule has 15 heavy (non-hydrogen) atoms. The van der Waals surface area contributed by atoms with Crippen molar-refractivity contribution in [2.75, 3.05) is 19.8 Å². The van der Waals surface area contributed by atoms with Crippen molar-refractivity contribution in [2.24, 2.45) is 11.8 Å². The lowest BCUT2D eigenvalue weighted by Gasteiger charge is -2.25. The van der Waals surface area contributed by atoms with Crippen LogP contribution in [0.5, 0.6) is 0 Å². The van der Waals surface area contributed by atoms with Gasteiger partial charge in [-0.25, -0.2) is 0 Å². The Labute approximate surface area is 89.6 Å². The van der Waals surface area contributed by atoms with E-state index in [0.717, 1.165) is 38.9 Å². The molecule has 2 rings (SSSR count). The van der Waals surface area contributed by atoms with Gasteiger partial charge in [0.05, 0.1) is 19.1 Å². The summed E-state index contributed by atoms with van der Waals surface area (Å²) in [4.78, 5) is 10.7. The molecule has 2 fully saturated rings. The van der Waals surface area contributed by atoms with Crippen molar-refractivity contribution in [3.05, 3.63) is 0 Å². The minimum Gasteiger partial charge on any atom is -0.481 e. The fourth-order valence-corrected chi connectivity index (χ4v) is 2.11. The first kappa shape index (κ1) is 10.9. The zero-order chi connectivity index (χ0) is 10.7. The molecule has 0 radical (unpaired) electrons. The first-order valence-corrected chi connectivity index (χ1v) is 5.68. The summed E-state index contributed by atoms with van der Waals surface area (Å²) in [5.41, 5.74) is 0. The van der Waals surface area contributed by atoms with E-state index in [1.165, 1.54) is 0 Å². The summed E-state index contributed by atoms with van der Waals surface area (Å²) in [6, 6.07) is 0. The molecular formula is C11H18O4. The number of hydrogen-bond acceptors (Lipinski definition) is 3. The number of aliphatic carboxylic acids is 1. The van der Waals surface area contributed by atoms with Gasteiger partial charge in [-0.05, 0) is 31.6 Å². The topological polar surface area (TPSA) is 59.1 Å². The first-order chi connectivity index (χ1) is 7.25. The van der Waals surface area contributed by atoms with Crippen LogP contribution in [0.3, 0.4) is 0 Å². The van der Waals surface area contributed by atoms with E-state index >= 15 is 0 Å². The van der Waals surface area contributed by atoms with Crippen molar-refractivity contribution in [1.82, 2.24) is 0 Å². The van der Waals surface area contributed by atoms with Gasteiger partial charge >= 0.3 is 5.97 Å². The molecule has 0 aromatic heterocycles. The Kier molecular flexibility index (Phi) is 3.59. The molecule has 2 aliphatic rings. The summed E-state index contributed by atoms with van der Waals surface area (Å²) in [6.45, 7) is 2.32. The minimum atomic E-state index is -0.638. The molecule has 1 saturated carbocycles. The highest BCUT2D eigenvalue weighted by Crippen LogP contribution is 2.29. The second-order valence-corrected chi connectivity index (χ2v) is 4.55. The van der Waals surface area contributed by atoms with Crippen LogP contribution in [0.1, 0.15) is 25.7 Å². The standard InChI is InChI=1S/C11H18O4/c12-11(13)9-3-1-8(2-4-9)5-14-6-10-7-15-10/h8-10H,1-7H2,(H,12,13). The van der Waals surface area contributed by atoms with Gasteiger partial charge in [0.2, 0.25) is 0 Å². The number of carboxylic acid groups (broad SMARTS) is 1. The number of carbonyl (C=O) groups is 1. The van der Waals surface area contributed by atoms with Crippen LogP contribution in [0.25, 0.3) is 0 Å². The van der Waals surface area contributed by atoms with E-state index in [0.29, 0.717) is 18.6 Å². The van der Waals surface area contributed by atoms with Gasteiger partial charge in [-0.3, -0.25) is 4.79 Å². The fraction of sp³-hybridized carbons (Fsp3) is 0.909. The third kappa shape index (κ3) is 3.47. The molecule has 1 aliphatic heterocycles. The molecule has 1 atom stereocenters. The van der Waals surface area contributed by atoms with Crippen molar-refractivity contribution >= 4 is 5.97 Å². The summed E-state index contributed by atoms with van der Waals surface area (Å²) in [5.74, 6) is -0.201. The minimum absolute atomic E-state index is 0.118. The maximum absolute atomic E-state index is 10.7. The van der Waals surface area contributed by atoms with E-state index in [4.69, 9.17) is 14.6 Å². The lowest BCUT2D eigenvalue weighted by molar-refractivity contribution is -0.143. The van der Waals surface area contributed by atoms with Crippen molar-refractivity contribution in [3.8, 4) is 0 Å². The molecule has 4 nitrogen and oxygen atoms in total. The molecule has 4 heteroatoms. The SMILES string of the molecule is O=C(O)C1CCC(COCC2CO2)CC1. The van der Waals surface area contributed by atoms with Crippen LogP contribution in [0.15, 0.2) is 0 Å². The van der Waals surface area contributed by atoms with Gasteiger partial charge in [0.15, 0.2) is 0 Å². The number of carboxylic acids is 1. The monoisotopic (exact) mass is 214 g/mol. The molecule has 1 saturated heterocycles. The largest absolute Gasteiger partial charge is 0.481 e. The summed E-state index contributed by atoms with van der Waals surface area (Å²) in [7, 11) is 0. The lowest BCUT2D eigenvalue weighted by Crippen LogP contribution is -2.24. The van der Waals surface area contributed by atoms with Gasteiger partial charge < -0.3 is 14.6 Å². The van der Waals surface area contributed by atoms with Gasteiger partial charge in [0.1, 0.15) is 6.10 Å². The summed E-state index contributed by atoms with van der Waals surface area (Å²) >= 11 is 0. The average Bonchev–Trinajstić information content (AvgIpc) is 3.02. The van der Waals surface area contributed by atoms with Crippen LogP contribution in [-0.2, 0) is 14.3 Å². The molecule has 0 amide bonds. The number of ether oxygens (including phenoxy) is 2. The van der Waals surface area contributed by atoms with Crippen LogP contribution < -0.4 is 0 Å². The predicted molar refractivity (Wildman–Crippen MR) is 53.6 cm³/mol. The maximum Gasteiger partial charge on any atom is 0.306 e. The van der Waals surface area contributed by atoms with Crippen LogP contribution >= 0.6 is 0 Å². The number of rotatable bonds is 5. The molecule has 1 heterocycles. The molecule has 86 valence electrons. The lowest BCUT2D eigenvalue weighted by atomic mass is 9.82. The maximum atomic E-state index is 10.7. The normalized spacial score (nSPS) is 35.1. The van der Waals surface area contributed by atoms with Gasteiger partial charge in [0.25, 0.3) is 0 Å². The van der Waals surface area contributed by atoms with E-state index in [-0.39, 0.29) is 5.92 Å². The molecule has 1 aliphatic carbocycles. The van der Waals surface area contributed by atoms with E-state index < -0.39 is 5.97 Å². The molecule has 0 bridgehead atoms. The third-order valence-corrected chi connectivity index (χ3v) is 3.26. The fourth-order valence-electron chi connectivity index (χ4n) is 2.11. The summed E-state index contributed by atoms with van der Waals surface area (Å²) < 4.78 is 10.6. The second kappa shape index (κ2) is 4.94. The average molecular weight is 214 g/mol. The smallest absolute Gasteiger partial charge is 0.306 e. The Morgan fingerprint density at radius 2 is 1.93 bits per heavy atom. The Bertz CT molecular complexity index is 217. The van der Waals surface area contributed by atoms with Gasteiger partial charge in [-0.15, -0.1) is 0 Å². The van der Waals surface area contributed by atoms with Crippen LogP contribution in [-0.4, -0.2) is 37.0 Å². The van der Waals surface area contributed by atoms with Crippen LogP contribution in [0.2, 0.25) is 0 Å². The molecule has 0 aromatic carbocycles. The van der Waals surface area contributed by atoms with Crippen molar-refractivity contribution < 1.29 is 19.4 Å². The zero-order valence-corrected chi connectivity index (χ0v) is 8.85. The molecule has 1 unspecified atom stereocenters. The van der Waals surface area contributed by atoms with Crippen molar-refractivity contribution in [3.63, 3.8) is 0 Å². The Morgan fingerprint density at radius 1 is 1.27 bits per heavy atom. The highest BCUT2D eigenvalue weighted by atomic mass is 16.6. The van der Waals surface area contributed by atoms with Crippen molar-refractivity contribution in [2.45, 2.75) is 31.8 Å². The Morgan fingerprint density at radius 3 is 2.47 bits per heavy atom. The van der Waals surface area contributed by atoms with Crippen LogP contribution in [0.4, 0.5) is 0 Å². The number of epoxide rings is 1. The summed E-state index contributed by atoms with van der Waals surface area (Å²) in [6.07, 6.45) is 3.93. The Balaban J connectivity index is 1.58. The number of hydrogen-bond donors (Lipinski definition) is 1. The third-order valence-electron chi connectivity index (χ3n) is 3.26. The van der Waals surface area contributed by atoms with Crippen LogP contribution in [0, 0.1) is 11.8 Å². The van der Waals surface area contributed by atoms with E-state index in [9.17, 15) is 4.79 Å². The highest BCUT2D eigenvalue weighted by molar-refractivity contribution is 5.69. The molecule has 0 aromatic rings. The molecule has 0 spiro atoms. The van der Waals surface area contributed by atoms with Gasteiger partial charge in [0, 0.05) is 6.61 Å². The van der Waals surface area contributed by atoms with E-state index in [1.54, 1.807) is 0 Å². The van der Waals surface area contributed by atoms with E-state index in [2.05, 4.69) is 0 Å². The highest BCUT2D eigenvalue weighted by Gasteiger charge is 2.27.